The molecule has 0 atom stereocenters. The van der Waals surface area contributed by atoms with Crippen LogP contribution >= 0.6 is 31.0 Å². The maximum absolute atomic E-state index is 12.3. The van der Waals surface area contributed by atoms with Crippen LogP contribution in [0.2, 0.25) is 0 Å². The van der Waals surface area contributed by atoms with E-state index in [-0.39, 0.29) is 11.9 Å². The first-order valence-corrected chi connectivity index (χ1v) is 14.4. The Morgan fingerprint density at radius 1 is 0.892 bits per heavy atom. The number of fused-ring (bicyclic) bond motifs is 2. The first-order chi connectivity index (χ1) is 17.8. The Balaban J connectivity index is 1.45. The van der Waals surface area contributed by atoms with Crippen LogP contribution in [0.3, 0.4) is 0 Å². The highest BCUT2D eigenvalue weighted by atomic mass is 32.1. The normalized spacial score (nSPS) is 11.3. The van der Waals surface area contributed by atoms with Crippen LogP contribution in [0, 0.1) is 13.8 Å². The van der Waals surface area contributed by atoms with Crippen molar-refractivity contribution < 1.29 is 38.3 Å². The van der Waals surface area contributed by atoms with E-state index in [4.69, 9.17) is 18.9 Å². The number of aldehydes is 1. The van der Waals surface area contributed by atoms with Crippen molar-refractivity contribution in [2.75, 3.05) is 33.6 Å². The molecule has 0 saturated carbocycles. The second kappa shape index (κ2) is 11.8. The van der Waals surface area contributed by atoms with Gasteiger partial charge in [0.1, 0.15) is 0 Å². The van der Waals surface area contributed by atoms with Crippen LogP contribution < -0.4 is 18.9 Å². The van der Waals surface area contributed by atoms with E-state index in [1.807, 2.05) is 32.0 Å². The number of methoxy groups -OCH3 is 2. The Hall–Kier alpha value is -2.75. The van der Waals surface area contributed by atoms with E-state index in [2.05, 4.69) is 0 Å². The fraction of sp³-hybridized carbons (Fsp3) is 0.308. The summed E-state index contributed by atoms with van der Waals surface area (Å²) in [6.45, 7) is 4.61. The number of carbonyl (C=O) groups excluding carboxylic acids is 2. The lowest BCUT2D eigenvalue weighted by molar-refractivity contribution is 0.102. The lowest BCUT2D eigenvalue weighted by Gasteiger charge is -2.16. The highest BCUT2D eigenvalue weighted by Gasteiger charge is 2.20. The summed E-state index contributed by atoms with van der Waals surface area (Å²) >= 11 is 2.71. The Kier molecular flexibility index (Phi) is 8.67. The number of thiophene rings is 2. The number of Topliss-reactive ketones (excluding diaryl/α,β-unsaturated/α-hetero) is 1. The molecule has 37 heavy (non-hydrogen) atoms. The van der Waals surface area contributed by atoms with Gasteiger partial charge in [-0.15, -0.1) is 22.7 Å². The summed E-state index contributed by atoms with van der Waals surface area (Å²) in [4.78, 5) is 43.0. The van der Waals surface area contributed by atoms with Crippen LogP contribution in [0.15, 0.2) is 24.3 Å². The van der Waals surface area contributed by atoms with Crippen molar-refractivity contribution in [2.45, 2.75) is 20.3 Å². The van der Waals surface area contributed by atoms with E-state index >= 15 is 0 Å². The highest BCUT2D eigenvalue weighted by molar-refractivity contribution is 7.46. The molecular weight excluding hydrogens is 535 g/mol. The minimum atomic E-state index is -2.28. The summed E-state index contributed by atoms with van der Waals surface area (Å²) in [5, 5.41) is 1.83. The molecule has 0 saturated heterocycles. The molecule has 8 nitrogen and oxygen atoms in total. The standard InChI is InChI=1S/C26H27O8PS2/c1-14-17-8-16(12-27)36-22(17)10-20(31-3)25(14)33-6-5-7-34-26-15(2)18-9-24(19(28)13-35(29)30)37-23(18)11-21(26)32-4/h8-12,29-30H,5-7,13H2,1-4H3. The van der Waals surface area contributed by atoms with Crippen LogP contribution in [0.1, 0.15) is 36.9 Å². The molecule has 11 heteroatoms. The minimum absolute atomic E-state index is 0.288. The number of ether oxygens (including phenoxy) is 4. The molecule has 2 aromatic heterocycles. The molecule has 4 rings (SSSR count). The molecule has 196 valence electrons. The van der Waals surface area contributed by atoms with Gasteiger partial charge in [-0.1, -0.05) is 0 Å². The van der Waals surface area contributed by atoms with Crippen LogP contribution in [0.25, 0.3) is 20.2 Å². The molecular formula is C26H27O8PS2. The van der Waals surface area contributed by atoms with Gasteiger partial charge in [-0.2, -0.15) is 0 Å². The van der Waals surface area contributed by atoms with Gasteiger partial charge in [-0.25, -0.2) is 0 Å². The van der Waals surface area contributed by atoms with Gasteiger partial charge in [0.05, 0.1) is 43.3 Å². The summed E-state index contributed by atoms with van der Waals surface area (Å²) in [6.07, 6.45) is 1.15. The summed E-state index contributed by atoms with van der Waals surface area (Å²) in [6, 6.07) is 7.34. The van der Waals surface area contributed by atoms with Crippen molar-refractivity contribution in [1.82, 2.24) is 0 Å². The number of aryl methyl sites for hydroxylation is 2. The van der Waals surface area contributed by atoms with Gasteiger partial charge in [-0.05, 0) is 26.0 Å². The van der Waals surface area contributed by atoms with Gasteiger partial charge < -0.3 is 28.7 Å². The number of hydrogen-bond donors (Lipinski definition) is 2. The second-order valence-electron chi connectivity index (χ2n) is 8.27. The fourth-order valence-corrected chi connectivity index (χ4v) is 6.67. The zero-order chi connectivity index (χ0) is 26.7. The van der Waals surface area contributed by atoms with Crippen molar-refractivity contribution >= 4 is 63.3 Å². The van der Waals surface area contributed by atoms with Crippen LogP contribution in [-0.4, -0.2) is 55.5 Å². The Bertz CT molecular complexity index is 1460. The summed E-state index contributed by atoms with van der Waals surface area (Å²) in [5.74, 6) is 2.11. The maximum Gasteiger partial charge on any atom is 0.181 e. The lowest BCUT2D eigenvalue weighted by atomic mass is 10.1. The molecule has 0 bridgehead atoms. The molecule has 0 radical (unpaired) electrons. The van der Waals surface area contributed by atoms with Crippen molar-refractivity contribution in [3.8, 4) is 23.0 Å². The number of carbonyl (C=O) groups is 2. The van der Waals surface area contributed by atoms with Gasteiger partial charge in [0.15, 0.2) is 43.4 Å². The molecule has 0 aliphatic rings. The SMILES string of the molecule is COc1cc2sc(C=O)cc2c(C)c1OCCCOc1c(OC)cc2sc(C(=O)CP(O)O)cc2c1C. The van der Waals surface area contributed by atoms with Gasteiger partial charge >= 0.3 is 0 Å². The zero-order valence-electron chi connectivity index (χ0n) is 20.8. The molecule has 0 aliphatic heterocycles. The predicted octanol–water partition coefficient (Wildman–Crippen LogP) is 5.89. The predicted molar refractivity (Wildman–Crippen MR) is 148 cm³/mol. The molecule has 0 spiro atoms. The largest absolute Gasteiger partial charge is 0.493 e. The summed E-state index contributed by atoms with van der Waals surface area (Å²) in [7, 11) is 0.867. The average Bonchev–Trinajstić information content (AvgIpc) is 3.50. The molecule has 0 amide bonds. The summed E-state index contributed by atoms with van der Waals surface area (Å²) in [5.41, 5.74) is 1.76. The van der Waals surface area contributed by atoms with Crippen molar-refractivity contribution in [3.63, 3.8) is 0 Å². The van der Waals surface area contributed by atoms with E-state index in [1.165, 1.54) is 22.7 Å². The van der Waals surface area contributed by atoms with Crippen LogP contribution in [0.5, 0.6) is 23.0 Å². The van der Waals surface area contributed by atoms with Crippen LogP contribution in [0.4, 0.5) is 0 Å². The first kappa shape index (κ1) is 27.3. The van der Waals surface area contributed by atoms with Crippen molar-refractivity contribution in [2.24, 2.45) is 0 Å². The third-order valence-corrected chi connectivity index (χ3v) is 8.60. The van der Waals surface area contributed by atoms with Gasteiger partial charge in [-0.3, -0.25) is 9.59 Å². The van der Waals surface area contributed by atoms with Gasteiger partial charge in [0.25, 0.3) is 0 Å². The molecule has 2 N–H and O–H groups in total. The van der Waals surface area contributed by atoms with Crippen molar-refractivity contribution in [3.05, 3.63) is 45.1 Å². The fourth-order valence-electron chi connectivity index (χ4n) is 4.09. The topological polar surface area (TPSA) is 112 Å². The second-order valence-corrected chi connectivity index (χ2v) is 11.5. The molecule has 2 aromatic carbocycles. The Morgan fingerprint density at radius 2 is 1.43 bits per heavy atom. The minimum Gasteiger partial charge on any atom is -0.493 e. The highest BCUT2D eigenvalue weighted by Crippen LogP contribution is 2.42. The number of benzene rings is 2. The van der Waals surface area contributed by atoms with E-state index in [9.17, 15) is 19.4 Å². The van der Waals surface area contributed by atoms with Gasteiger partial charge in [0.2, 0.25) is 0 Å². The first-order valence-electron chi connectivity index (χ1n) is 11.4. The average molecular weight is 563 g/mol. The zero-order valence-corrected chi connectivity index (χ0v) is 23.4. The molecule has 2 heterocycles. The monoisotopic (exact) mass is 562 g/mol. The molecule has 0 unspecified atom stereocenters. The molecule has 0 fully saturated rings. The van der Waals surface area contributed by atoms with Gasteiger partial charge in [0, 0.05) is 49.9 Å². The third kappa shape index (κ3) is 5.73. The molecule has 0 aliphatic carbocycles. The Morgan fingerprint density at radius 3 is 1.95 bits per heavy atom. The lowest BCUT2D eigenvalue weighted by Crippen LogP contribution is -2.08. The maximum atomic E-state index is 12.3. The van der Waals surface area contributed by atoms with E-state index in [0.717, 1.165) is 37.6 Å². The quantitative estimate of drug-likeness (QED) is 0.0952. The third-order valence-electron chi connectivity index (χ3n) is 5.90. The number of ketones is 1. The van der Waals surface area contributed by atoms with E-state index < -0.39 is 8.38 Å². The Labute approximate surface area is 223 Å². The van der Waals surface area contributed by atoms with Crippen molar-refractivity contribution in [1.29, 1.82) is 0 Å². The molecule has 4 aromatic rings. The van der Waals surface area contributed by atoms with E-state index in [1.54, 1.807) is 20.3 Å². The van der Waals surface area contributed by atoms with Crippen LogP contribution in [-0.2, 0) is 0 Å². The number of rotatable bonds is 12. The van der Waals surface area contributed by atoms with E-state index in [0.29, 0.717) is 52.4 Å². The number of hydrogen-bond acceptors (Lipinski definition) is 10. The summed E-state index contributed by atoms with van der Waals surface area (Å²) < 4.78 is 25.1. The smallest absolute Gasteiger partial charge is 0.181 e.